The van der Waals surface area contributed by atoms with E-state index in [4.69, 9.17) is 9.47 Å². The van der Waals surface area contributed by atoms with Crippen LogP contribution in [0.4, 0.5) is 11.4 Å². The van der Waals surface area contributed by atoms with Crippen molar-refractivity contribution in [3.8, 4) is 0 Å². The third-order valence-electron chi connectivity index (χ3n) is 4.63. The Labute approximate surface area is 180 Å². The van der Waals surface area contributed by atoms with Gasteiger partial charge in [0.2, 0.25) is 10.0 Å². The number of likely N-dealkylation sites (N-methyl/N-ethyl adjacent to an activating group) is 1. The first-order chi connectivity index (χ1) is 14.6. The number of morpholine rings is 1. The number of rotatable bonds is 9. The van der Waals surface area contributed by atoms with E-state index in [0.717, 1.165) is 6.07 Å². The highest BCUT2D eigenvalue weighted by atomic mass is 32.2. The number of ether oxygens (including phenoxy) is 2. The Morgan fingerprint density at radius 1 is 1.29 bits per heavy atom. The minimum absolute atomic E-state index is 0.0403. The van der Waals surface area contributed by atoms with Gasteiger partial charge in [0.15, 0.2) is 6.61 Å². The molecule has 0 aromatic heterocycles. The Hall–Kier alpha value is -2.77. The normalized spacial score (nSPS) is 15.9. The average Bonchev–Trinajstić information content (AvgIpc) is 2.75. The van der Waals surface area contributed by atoms with Crippen molar-refractivity contribution in [2.75, 3.05) is 45.3 Å². The van der Waals surface area contributed by atoms with Crippen LogP contribution in [0.15, 0.2) is 23.1 Å². The number of nitrogens with zero attached hydrogens (tertiary/aromatic N) is 2. The van der Waals surface area contributed by atoms with Gasteiger partial charge in [-0.3, -0.25) is 14.9 Å². The first-order valence-corrected chi connectivity index (χ1v) is 11.0. The molecule has 31 heavy (non-hydrogen) atoms. The molecular formula is C18H26N4O8S. The van der Waals surface area contributed by atoms with E-state index in [-0.39, 0.29) is 42.8 Å². The summed E-state index contributed by atoms with van der Waals surface area (Å²) in [5.74, 6) is -1.61. The largest absolute Gasteiger partial charge is 0.454 e. The summed E-state index contributed by atoms with van der Waals surface area (Å²) in [6, 6.07) is 2.45. The van der Waals surface area contributed by atoms with Crippen LogP contribution in [0.5, 0.6) is 0 Å². The minimum atomic E-state index is -3.93. The Bertz CT molecular complexity index is 928. The van der Waals surface area contributed by atoms with Gasteiger partial charge >= 0.3 is 5.97 Å². The van der Waals surface area contributed by atoms with Crippen molar-refractivity contribution >= 4 is 33.3 Å². The molecule has 0 saturated carbocycles. The molecule has 2 rings (SSSR count). The standard InChI is InChI=1S/C18H26N4O8S/c1-12(2)17(18(24)30-11-16(23)19-3)20-14-5-4-13(10-15(14)22(25)26)31(27,28)21-6-8-29-9-7-21/h4-5,10,12,17,20H,6-9,11H2,1-3H3,(H,19,23)/t17-/m1/s1. The molecule has 1 aliphatic heterocycles. The van der Waals surface area contributed by atoms with Crippen LogP contribution in [-0.2, 0) is 29.1 Å². The molecule has 172 valence electrons. The van der Waals surface area contributed by atoms with Gasteiger partial charge in [-0.25, -0.2) is 13.2 Å². The van der Waals surface area contributed by atoms with E-state index in [1.54, 1.807) is 13.8 Å². The Balaban J connectivity index is 2.30. The van der Waals surface area contributed by atoms with E-state index < -0.39 is 45.2 Å². The van der Waals surface area contributed by atoms with Crippen LogP contribution in [0.2, 0.25) is 0 Å². The van der Waals surface area contributed by atoms with Crippen LogP contribution in [-0.4, -0.2) is 75.5 Å². The van der Waals surface area contributed by atoms with Gasteiger partial charge < -0.3 is 20.1 Å². The fourth-order valence-electron chi connectivity index (χ4n) is 2.84. The van der Waals surface area contributed by atoms with E-state index in [1.165, 1.54) is 23.5 Å². The SMILES string of the molecule is CNC(=O)COC(=O)[C@H](Nc1ccc(S(=O)(=O)N2CCOCC2)cc1[N+](=O)[O-])C(C)C. The fraction of sp³-hybridized carbons (Fsp3) is 0.556. The highest BCUT2D eigenvalue weighted by Crippen LogP contribution is 2.30. The number of nitro groups is 1. The monoisotopic (exact) mass is 458 g/mol. The second kappa shape index (κ2) is 10.5. The zero-order valence-electron chi connectivity index (χ0n) is 17.5. The molecule has 0 unspecified atom stereocenters. The molecule has 13 heteroatoms. The molecule has 1 aliphatic rings. The molecule has 1 fully saturated rings. The number of nitrogens with one attached hydrogen (secondary N) is 2. The summed E-state index contributed by atoms with van der Waals surface area (Å²) < 4.78 is 36.9. The number of carbonyl (C=O) groups excluding carboxylic acids is 2. The number of amides is 1. The lowest BCUT2D eigenvalue weighted by Crippen LogP contribution is -2.40. The maximum Gasteiger partial charge on any atom is 0.329 e. The molecule has 1 amide bonds. The smallest absolute Gasteiger partial charge is 0.329 e. The summed E-state index contributed by atoms with van der Waals surface area (Å²) >= 11 is 0. The van der Waals surface area contributed by atoms with E-state index in [0.29, 0.717) is 0 Å². The summed E-state index contributed by atoms with van der Waals surface area (Å²) in [6.07, 6.45) is 0. The van der Waals surface area contributed by atoms with Crippen molar-refractivity contribution < 1.29 is 32.4 Å². The first kappa shape index (κ1) is 24.5. The number of sulfonamides is 1. The third-order valence-corrected chi connectivity index (χ3v) is 6.52. The predicted molar refractivity (Wildman–Crippen MR) is 110 cm³/mol. The Morgan fingerprint density at radius 2 is 1.94 bits per heavy atom. The molecular weight excluding hydrogens is 432 g/mol. The summed E-state index contributed by atoms with van der Waals surface area (Å²) in [5.41, 5.74) is -0.541. The number of nitro benzene ring substituents is 1. The van der Waals surface area contributed by atoms with Gasteiger partial charge in [0.1, 0.15) is 11.7 Å². The van der Waals surface area contributed by atoms with Crippen LogP contribution >= 0.6 is 0 Å². The topological polar surface area (TPSA) is 157 Å². The molecule has 12 nitrogen and oxygen atoms in total. The van der Waals surface area contributed by atoms with Gasteiger partial charge in [-0.05, 0) is 18.1 Å². The van der Waals surface area contributed by atoms with Crippen LogP contribution in [0, 0.1) is 16.0 Å². The number of hydrogen-bond acceptors (Lipinski definition) is 9. The molecule has 1 saturated heterocycles. The maximum absolute atomic E-state index is 12.8. The first-order valence-electron chi connectivity index (χ1n) is 9.58. The van der Waals surface area contributed by atoms with Gasteiger partial charge in [-0.15, -0.1) is 0 Å². The highest BCUT2D eigenvalue weighted by molar-refractivity contribution is 7.89. The van der Waals surface area contributed by atoms with Crippen LogP contribution in [0.3, 0.4) is 0 Å². The van der Waals surface area contributed by atoms with Crippen LogP contribution in [0.1, 0.15) is 13.8 Å². The number of hydrogen-bond donors (Lipinski definition) is 2. The zero-order chi connectivity index (χ0) is 23.2. The van der Waals surface area contributed by atoms with Gasteiger partial charge in [-0.1, -0.05) is 13.8 Å². The van der Waals surface area contributed by atoms with Gasteiger partial charge in [-0.2, -0.15) is 4.31 Å². The number of esters is 1. The summed E-state index contributed by atoms with van der Waals surface area (Å²) in [7, 11) is -2.54. The second-order valence-corrected chi connectivity index (χ2v) is 9.04. The van der Waals surface area contributed by atoms with E-state index in [2.05, 4.69) is 10.6 Å². The van der Waals surface area contributed by atoms with Crippen LogP contribution < -0.4 is 10.6 Å². The van der Waals surface area contributed by atoms with Crippen molar-refractivity contribution in [2.24, 2.45) is 5.92 Å². The molecule has 1 atom stereocenters. The second-order valence-electron chi connectivity index (χ2n) is 7.10. The Morgan fingerprint density at radius 3 is 2.48 bits per heavy atom. The van der Waals surface area contributed by atoms with Crippen molar-refractivity contribution in [3.63, 3.8) is 0 Å². The van der Waals surface area contributed by atoms with Crippen molar-refractivity contribution in [3.05, 3.63) is 28.3 Å². The highest BCUT2D eigenvalue weighted by Gasteiger charge is 2.31. The van der Waals surface area contributed by atoms with Gasteiger partial charge in [0.25, 0.3) is 11.6 Å². The zero-order valence-corrected chi connectivity index (χ0v) is 18.3. The minimum Gasteiger partial charge on any atom is -0.454 e. The van der Waals surface area contributed by atoms with Gasteiger partial charge in [0, 0.05) is 26.2 Å². The lowest BCUT2D eigenvalue weighted by molar-refractivity contribution is -0.384. The molecule has 1 aromatic carbocycles. The van der Waals surface area contributed by atoms with E-state index in [1.807, 2.05) is 0 Å². The van der Waals surface area contributed by atoms with Crippen molar-refractivity contribution in [1.29, 1.82) is 0 Å². The average molecular weight is 458 g/mol. The molecule has 0 bridgehead atoms. The maximum atomic E-state index is 12.8. The molecule has 1 heterocycles. The molecule has 0 spiro atoms. The lowest BCUT2D eigenvalue weighted by atomic mass is 10.0. The number of benzene rings is 1. The van der Waals surface area contributed by atoms with Crippen LogP contribution in [0.25, 0.3) is 0 Å². The van der Waals surface area contributed by atoms with E-state index in [9.17, 15) is 28.1 Å². The summed E-state index contributed by atoms with van der Waals surface area (Å²) in [6.45, 7) is 3.71. The third kappa shape index (κ3) is 6.12. The number of carbonyl (C=O) groups is 2. The fourth-order valence-corrected chi connectivity index (χ4v) is 4.27. The molecule has 2 N–H and O–H groups in total. The molecule has 0 aliphatic carbocycles. The predicted octanol–water partition coefficient (Wildman–Crippen LogP) is 0.341. The number of anilines is 1. The summed E-state index contributed by atoms with van der Waals surface area (Å²) in [5, 5.41) is 16.7. The lowest BCUT2D eigenvalue weighted by Gasteiger charge is -2.26. The molecule has 0 radical (unpaired) electrons. The van der Waals surface area contributed by atoms with Crippen molar-refractivity contribution in [2.45, 2.75) is 24.8 Å². The summed E-state index contributed by atoms with van der Waals surface area (Å²) in [4.78, 5) is 34.3. The van der Waals surface area contributed by atoms with E-state index >= 15 is 0 Å². The molecule has 1 aromatic rings. The van der Waals surface area contributed by atoms with Crippen molar-refractivity contribution in [1.82, 2.24) is 9.62 Å². The quantitative estimate of drug-likeness (QED) is 0.302. The Kier molecular flexibility index (Phi) is 8.30. The van der Waals surface area contributed by atoms with Gasteiger partial charge in [0.05, 0.1) is 23.0 Å².